The number of hydrogen-bond acceptors (Lipinski definition) is 7. The molecule has 0 aliphatic carbocycles. The van der Waals surface area contributed by atoms with E-state index in [1.54, 1.807) is 29.4 Å². The van der Waals surface area contributed by atoms with E-state index in [1.165, 1.54) is 29.4 Å². The highest BCUT2D eigenvalue weighted by Gasteiger charge is 2.31. The van der Waals surface area contributed by atoms with E-state index >= 15 is 0 Å². The number of anilines is 1. The Balaban J connectivity index is 1.34. The number of aromatic amines is 1. The predicted molar refractivity (Wildman–Crippen MR) is 139 cm³/mol. The van der Waals surface area contributed by atoms with Gasteiger partial charge in [0.25, 0.3) is 17.6 Å². The first-order valence-corrected chi connectivity index (χ1v) is 12.5. The van der Waals surface area contributed by atoms with Crippen molar-refractivity contribution in [1.29, 1.82) is 0 Å². The average Bonchev–Trinajstić information content (AvgIpc) is 3.56. The number of H-pyrrole nitrogens is 1. The zero-order chi connectivity index (χ0) is 26.1. The maximum Gasteiger partial charge on any atom is 0.295 e. The monoisotopic (exact) mass is 516 g/mol. The molecule has 0 bridgehead atoms. The Morgan fingerprint density at radius 1 is 0.973 bits per heavy atom. The van der Waals surface area contributed by atoms with E-state index in [0.29, 0.717) is 45.3 Å². The summed E-state index contributed by atoms with van der Waals surface area (Å²) in [5.74, 6) is -1.52. The van der Waals surface area contributed by atoms with Gasteiger partial charge in [-0.15, -0.1) is 0 Å². The van der Waals surface area contributed by atoms with Crippen LogP contribution in [0.15, 0.2) is 48.9 Å². The van der Waals surface area contributed by atoms with Crippen LogP contribution in [0.25, 0.3) is 21.5 Å². The Labute approximate surface area is 216 Å². The number of piperazine rings is 1. The molecule has 1 aromatic carbocycles. The van der Waals surface area contributed by atoms with Crippen molar-refractivity contribution in [2.24, 2.45) is 0 Å². The molecule has 0 atom stereocenters. The molecule has 5 rings (SSSR count). The molecule has 1 aliphatic rings. The molecule has 0 spiro atoms. The minimum atomic E-state index is -0.613. The van der Waals surface area contributed by atoms with Gasteiger partial charge in [-0.2, -0.15) is 0 Å². The summed E-state index contributed by atoms with van der Waals surface area (Å²) >= 11 is 1.26. The van der Waals surface area contributed by atoms with Crippen LogP contribution in [-0.2, 0) is 9.59 Å². The lowest BCUT2D eigenvalue weighted by molar-refractivity contribution is -0.127. The van der Waals surface area contributed by atoms with Gasteiger partial charge in [0, 0.05) is 62.6 Å². The van der Waals surface area contributed by atoms with Gasteiger partial charge in [0.1, 0.15) is 5.69 Å². The Morgan fingerprint density at radius 2 is 1.68 bits per heavy atom. The van der Waals surface area contributed by atoms with E-state index < -0.39 is 11.7 Å². The van der Waals surface area contributed by atoms with Crippen molar-refractivity contribution in [2.45, 2.75) is 13.8 Å². The van der Waals surface area contributed by atoms with Crippen LogP contribution in [0.1, 0.15) is 33.2 Å². The SMILES string of the molecule is CC(=O)Nc1ncc(-c2ncc(C)c3c(C(=O)C(=O)N4CCN(C(=O)c5ccccc5)CC4)c[nH]c23)s1. The van der Waals surface area contributed by atoms with E-state index in [2.05, 4.69) is 20.3 Å². The second-order valence-corrected chi connectivity index (χ2v) is 9.76. The molecule has 188 valence electrons. The van der Waals surface area contributed by atoms with Crippen LogP contribution in [-0.4, -0.2) is 74.4 Å². The number of Topliss-reactive ketones (excluding diaryl/α,β-unsaturated/α-hetero) is 1. The van der Waals surface area contributed by atoms with Crippen LogP contribution in [0.5, 0.6) is 0 Å². The zero-order valence-electron chi connectivity index (χ0n) is 20.3. The number of nitrogens with one attached hydrogen (secondary N) is 2. The summed E-state index contributed by atoms with van der Waals surface area (Å²) in [4.78, 5) is 66.2. The Kier molecular flexibility index (Phi) is 6.53. The Morgan fingerprint density at radius 3 is 2.38 bits per heavy atom. The molecule has 3 amide bonds. The minimum Gasteiger partial charge on any atom is -0.359 e. The molecular formula is C26H24N6O4S. The van der Waals surface area contributed by atoms with Gasteiger partial charge in [-0.1, -0.05) is 29.5 Å². The van der Waals surface area contributed by atoms with Crippen molar-refractivity contribution < 1.29 is 19.2 Å². The number of nitrogens with zero attached hydrogens (tertiary/aromatic N) is 4. The lowest BCUT2D eigenvalue weighted by atomic mass is 10.0. The van der Waals surface area contributed by atoms with Crippen LogP contribution in [0.4, 0.5) is 5.13 Å². The van der Waals surface area contributed by atoms with Crippen molar-refractivity contribution in [2.75, 3.05) is 31.5 Å². The lowest BCUT2D eigenvalue weighted by Gasteiger charge is -2.34. The van der Waals surface area contributed by atoms with E-state index in [4.69, 9.17) is 0 Å². The van der Waals surface area contributed by atoms with Gasteiger partial charge in [0.2, 0.25) is 5.91 Å². The number of rotatable bonds is 5. The number of thiazole rings is 1. The van der Waals surface area contributed by atoms with Gasteiger partial charge < -0.3 is 20.1 Å². The maximum absolute atomic E-state index is 13.3. The zero-order valence-corrected chi connectivity index (χ0v) is 21.1. The number of fused-ring (bicyclic) bond motifs is 1. The highest BCUT2D eigenvalue weighted by atomic mass is 32.1. The van der Waals surface area contributed by atoms with Crippen molar-refractivity contribution in [3.8, 4) is 10.6 Å². The largest absolute Gasteiger partial charge is 0.359 e. The topological polar surface area (TPSA) is 128 Å². The first kappa shape index (κ1) is 24.3. The molecule has 1 fully saturated rings. The van der Waals surface area contributed by atoms with E-state index in [0.717, 1.165) is 5.56 Å². The molecule has 0 unspecified atom stereocenters. The van der Waals surface area contributed by atoms with E-state index in [9.17, 15) is 19.2 Å². The third kappa shape index (κ3) is 4.73. The van der Waals surface area contributed by atoms with Crippen LogP contribution < -0.4 is 5.32 Å². The van der Waals surface area contributed by atoms with E-state index in [-0.39, 0.29) is 30.5 Å². The molecule has 4 aromatic rings. The highest BCUT2D eigenvalue weighted by Crippen LogP contribution is 2.34. The molecule has 1 saturated heterocycles. The normalized spacial score (nSPS) is 13.6. The molecule has 10 nitrogen and oxygen atoms in total. The summed E-state index contributed by atoms with van der Waals surface area (Å²) in [6.07, 6.45) is 4.79. The van der Waals surface area contributed by atoms with Gasteiger partial charge in [-0.25, -0.2) is 4.98 Å². The minimum absolute atomic E-state index is 0.0870. The molecule has 11 heteroatoms. The number of pyridine rings is 1. The quantitative estimate of drug-likeness (QED) is 0.310. The fourth-order valence-electron chi connectivity index (χ4n) is 4.40. The summed E-state index contributed by atoms with van der Waals surface area (Å²) in [7, 11) is 0. The van der Waals surface area contributed by atoms with Crippen molar-refractivity contribution in [3.63, 3.8) is 0 Å². The molecule has 2 N–H and O–H groups in total. The van der Waals surface area contributed by atoms with Crippen LogP contribution in [0, 0.1) is 6.92 Å². The lowest BCUT2D eigenvalue weighted by Crippen LogP contribution is -2.52. The summed E-state index contributed by atoms with van der Waals surface area (Å²) in [5, 5.41) is 3.72. The number of carbonyl (C=O) groups excluding carboxylic acids is 4. The maximum atomic E-state index is 13.3. The standard InChI is InChI=1S/C26H24N6O4S/c1-15-12-27-21(19-14-29-26(37-19)30-16(2)33)22-20(15)18(13-28-22)23(34)25(36)32-10-8-31(9-11-32)24(35)17-6-4-3-5-7-17/h3-7,12-14,28H,8-11H2,1-2H3,(H,29,30,33). The van der Waals surface area contributed by atoms with Crippen molar-refractivity contribution in [1.82, 2.24) is 24.8 Å². The van der Waals surface area contributed by atoms with Gasteiger partial charge in [0.15, 0.2) is 5.13 Å². The number of ketones is 1. The number of benzene rings is 1. The number of amides is 3. The Bertz CT molecular complexity index is 1520. The van der Waals surface area contributed by atoms with Gasteiger partial charge >= 0.3 is 0 Å². The van der Waals surface area contributed by atoms with E-state index in [1.807, 2.05) is 25.1 Å². The summed E-state index contributed by atoms with van der Waals surface area (Å²) < 4.78 is 0. The summed E-state index contributed by atoms with van der Waals surface area (Å²) in [6.45, 7) is 4.52. The highest BCUT2D eigenvalue weighted by molar-refractivity contribution is 7.19. The van der Waals surface area contributed by atoms with Crippen LogP contribution in [0.3, 0.4) is 0 Å². The van der Waals surface area contributed by atoms with Gasteiger partial charge in [0.05, 0.1) is 16.0 Å². The van der Waals surface area contributed by atoms with Crippen molar-refractivity contribution >= 4 is 50.9 Å². The van der Waals surface area contributed by atoms with Gasteiger partial charge in [-0.05, 0) is 24.6 Å². The van der Waals surface area contributed by atoms with Crippen molar-refractivity contribution in [3.05, 3.63) is 65.6 Å². The first-order valence-electron chi connectivity index (χ1n) is 11.7. The molecule has 0 saturated carbocycles. The average molecular weight is 517 g/mol. The first-order chi connectivity index (χ1) is 17.8. The molecule has 3 aromatic heterocycles. The Hall–Kier alpha value is -4.38. The summed E-state index contributed by atoms with van der Waals surface area (Å²) in [6, 6.07) is 9.00. The van der Waals surface area contributed by atoms with Gasteiger partial charge in [-0.3, -0.25) is 24.2 Å². The molecular weight excluding hydrogens is 492 g/mol. The number of carbonyl (C=O) groups is 4. The third-order valence-electron chi connectivity index (χ3n) is 6.23. The molecule has 0 radical (unpaired) electrons. The number of hydrogen-bond donors (Lipinski definition) is 2. The second kappa shape index (κ2) is 9.94. The smallest absolute Gasteiger partial charge is 0.295 e. The fourth-order valence-corrected chi connectivity index (χ4v) is 5.27. The molecule has 4 heterocycles. The van der Waals surface area contributed by atoms with Crippen LogP contribution >= 0.6 is 11.3 Å². The summed E-state index contributed by atoms with van der Waals surface area (Å²) in [5.41, 5.74) is 2.82. The number of aromatic nitrogens is 3. The predicted octanol–water partition coefficient (Wildman–Crippen LogP) is 3.12. The second-order valence-electron chi connectivity index (χ2n) is 8.73. The van der Waals surface area contributed by atoms with Crippen LogP contribution in [0.2, 0.25) is 0 Å². The number of aryl methyl sites for hydroxylation is 1. The fraction of sp³-hybridized carbons (Fsp3) is 0.231. The third-order valence-corrected chi connectivity index (χ3v) is 7.15. The molecule has 1 aliphatic heterocycles. The molecule has 37 heavy (non-hydrogen) atoms.